The van der Waals surface area contributed by atoms with Crippen molar-refractivity contribution < 1.29 is 22.7 Å². The third-order valence-corrected chi connectivity index (χ3v) is 5.42. The first kappa shape index (κ1) is 22.5. The number of aryl methyl sites for hydroxylation is 1. The van der Waals surface area contributed by atoms with Crippen molar-refractivity contribution in [2.75, 3.05) is 30.8 Å². The Labute approximate surface area is 172 Å². The van der Waals surface area contributed by atoms with Crippen molar-refractivity contribution in [2.24, 2.45) is 0 Å². The maximum absolute atomic E-state index is 12.5. The van der Waals surface area contributed by atoms with Crippen LogP contribution in [0, 0.1) is 0 Å². The summed E-state index contributed by atoms with van der Waals surface area (Å²) in [6.45, 7) is 3.70. The molecule has 0 fully saturated rings. The Hall–Kier alpha value is -2.74. The van der Waals surface area contributed by atoms with Crippen LogP contribution in [-0.2, 0) is 21.2 Å². The number of nitrogens with one attached hydrogen (secondary N) is 1. The monoisotopic (exact) mass is 420 g/mol. The van der Waals surface area contributed by atoms with Crippen molar-refractivity contribution in [3.05, 3.63) is 54.1 Å². The van der Waals surface area contributed by atoms with E-state index in [0.29, 0.717) is 17.9 Å². The Morgan fingerprint density at radius 1 is 1.10 bits per heavy atom. The molecule has 0 saturated carbocycles. The van der Waals surface area contributed by atoms with Gasteiger partial charge in [0.2, 0.25) is 15.9 Å². The number of carbonyl (C=O) groups is 1. The van der Waals surface area contributed by atoms with E-state index >= 15 is 0 Å². The molecule has 0 aromatic heterocycles. The van der Waals surface area contributed by atoms with Crippen LogP contribution < -0.4 is 19.1 Å². The predicted molar refractivity (Wildman–Crippen MR) is 114 cm³/mol. The van der Waals surface area contributed by atoms with Crippen molar-refractivity contribution in [1.29, 1.82) is 0 Å². The van der Waals surface area contributed by atoms with Gasteiger partial charge in [-0.05, 0) is 49.2 Å². The van der Waals surface area contributed by atoms with E-state index in [1.54, 1.807) is 50.4 Å². The molecular weight excluding hydrogens is 392 g/mol. The van der Waals surface area contributed by atoms with Gasteiger partial charge in [-0.1, -0.05) is 25.1 Å². The minimum atomic E-state index is -3.61. The van der Waals surface area contributed by atoms with E-state index in [2.05, 4.69) is 5.32 Å². The fourth-order valence-electron chi connectivity index (χ4n) is 2.82. The Morgan fingerprint density at radius 3 is 2.31 bits per heavy atom. The Kier molecular flexibility index (Phi) is 7.90. The molecule has 2 aromatic rings. The first-order valence-electron chi connectivity index (χ1n) is 9.36. The van der Waals surface area contributed by atoms with Gasteiger partial charge < -0.3 is 14.8 Å². The van der Waals surface area contributed by atoms with Gasteiger partial charge in [0, 0.05) is 0 Å². The second-order valence-corrected chi connectivity index (χ2v) is 8.61. The zero-order chi connectivity index (χ0) is 21.4. The number of ether oxygens (including phenoxy) is 2. The summed E-state index contributed by atoms with van der Waals surface area (Å²) in [5, 5.41) is 2.79. The van der Waals surface area contributed by atoms with Gasteiger partial charge >= 0.3 is 0 Å². The van der Waals surface area contributed by atoms with Gasteiger partial charge in [-0.15, -0.1) is 0 Å². The fourth-order valence-corrected chi connectivity index (χ4v) is 3.71. The maximum atomic E-state index is 12.5. The highest BCUT2D eigenvalue weighted by Gasteiger charge is 2.23. The lowest BCUT2D eigenvalue weighted by atomic mass is 10.1. The first-order chi connectivity index (χ1) is 13.7. The van der Waals surface area contributed by atoms with E-state index in [1.165, 1.54) is 0 Å². The number of methoxy groups -OCH3 is 1. The van der Waals surface area contributed by atoms with Gasteiger partial charge in [0.05, 0.1) is 25.1 Å². The van der Waals surface area contributed by atoms with Crippen molar-refractivity contribution in [3.8, 4) is 11.5 Å². The second kappa shape index (κ2) is 10.2. The van der Waals surface area contributed by atoms with Gasteiger partial charge in [0.25, 0.3) is 0 Å². The summed E-state index contributed by atoms with van der Waals surface area (Å²) < 4.78 is 36.5. The molecule has 0 spiro atoms. The standard InChI is InChI=1S/C21H28N2O5S/c1-5-17-8-6-7-9-20(17)23(29(4,25)26)14-21(24)22-16(2)15-28-19-12-10-18(27-3)11-13-19/h6-13,16H,5,14-15H2,1-4H3,(H,22,24)/t16-/m1/s1. The topological polar surface area (TPSA) is 84.9 Å². The number of para-hydroxylation sites is 1. The van der Waals surface area contributed by atoms with Crippen LogP contribution >= 0.6 is 0 Å². The molecule has 1 amide bonds. The number of amides is 1. The highest BCUT2D eigenvalue weighted by Crippen LogP contribution is 2.23. The smallest absolute Gasteiger partial charge is 0.241 e. The lowest BCUT2D eigenvalue weighted by molar-refractivity contribution is -0.120. The van der Waals surface area contributed by atoms with E-state index in [4.69, 9.17) is 9.47 Å². The third-order valence-electron chi connectivity index (χ3n) is 4.30. The van der Waals surface area contributed by atoms with Gasteiger partial charge in [0.15, 0.2) is 0 Å². The van der Waals surface area contributed by atoms with E-state index in [-0.39, 0.29) is 19.2 Å². The van der Waals surface area contributed by atoms with Crippen LogP contribution in [0.25, 0.3) is 0 Å². The molecule has 0 bridgehead atoms. The molecule has 7 nitrogen and oxygen atoms in total. The third kappa shape index (κ3) is 6.67. The summed E-state index contributed by atoms with van der Waals surface area (Å²) in [5.74, 6) is 0.987. The number of carbonyl (C=O) groups excluding carboxylic acids is 1. The van der Waals surface area contributed by atoms with Crippen LogP contribution in [0.3, 0.4) is 0 Å². The van der Waals surface area contributed by atoms with Crippen molar-refractivity contribution >= 4 is 21.6 Å². The van der Waals surface area contributed by atoms with E-state index in [0.717, 1.165) is 21.9 Å². The zero-order valence-corrected chi connectivity index (χ0v) is 18.0. The number of anilines is 1. The molecule has 29 heavy (non-hydrogen) atoms. The zero-order valence-electron chi connectivity index (χ0n) is 17.2. The lowest BCUT2D eigenvalue weighted by Gasteiger charge is -2.25. The van der Waals surface area contributed by atoms with Gasteiger partial charge in [-0.2, -0.15) is 0 Å². The number of benzene rings is 2. The fraction of sp³-hybridized carbons (Fsp3) is 0.381. The maximum Gasteiger partial charge on any atom is 0.241 e. The largest absolute Gasteiger partial charge is 0.497 e. The minimum Gasteiger partial charge on any atom is -0.497 e. The molecule has 1 N–H and O–H groups in total. The number of sulfonamides is 1. The number of rotatable bonds is 10. The molecule has 2 rings (SSSR count). The summed E-state index contributed by atoms with van der Waals surface area (Å²) in [5.41, 5.74) is 1.39. The van der Waals surface area contributed by atoms with Crippen LogP contribution in [0.1, 0.15) is 19.4 Å². The van der Waals surface area contributed by atoms with Crippen LogP contribution in [0.15, 0.2) is 48.5 Å². The average Bonchev–Trinajstić information content (AvgIpc) is 2.70. The molecule has 0 heterocycles. The van der Waals surface area contributed by atoms with Crippen molar-refractivity contribution in [2.45, 2.75) is 26.3 Å². The summed E-state index contributed by atoms with van der Waals surface area (Å²) >= 11 is 0. The number of nitrogens with zero attached hydrogens (tertiary/aromatic N) is 1. The minimum absolute atomic E-state index is 0.252. The molecule has 2 aromatic carbocycles. The molecule has 0 aliphatic rings. The molecule has 0 radical (unpaired) electrons. The first-order valence-corrected chi connectivity index (χ1v) is 11.2. The second-order valence-electron chi connectivity index (χ2n) is 6.71. The molecule has 158 valence electrons. The molecule has 0 unspecified atom stereocenters. The van der Waals surface area contributed by atoms with E-state index in [1.807, 2.05) is 19.1 Å². The molecule has 0 aliphatic heterocycles. The summed E-state index contributed by atoms with van der Waals surface area (Å²) in [7, 11) is -2.02. The SMILES string of the molecule is CCc1ccccc1N(CC(=O)N[C@H](C)COc1ccc(OC)cc1)S(C)(=O)=O. The lowest BCUT2D eigenvalue weighted by Crippen LogP contribution is -2.45. The number of hydrogen-bond donors (Lipinski definition) is 1. The van der Waals surface area contributed by atoms with Gasteiger partial charge in [-0.3, -0.25) is 9.10 Å². The van der Waals surface area contributed by atoms with Gasteiger partial charge in [-0.25, -0.2) is 8.42 Å². The summed E-state index contributed by atoms with van der Waals surface area (Å²) in [6.07, 6.45) is 1.76. The Morgan fingerprint density at radius 2 is 1.72 bits per heavy atom. The van der Waals surface area contributed by atoms with E-state index < -0.39 is 15.9 Å². The summed E-state index contributed by atoms with van der Waals surface area (Å²) in [4.78, 5) is 12.5. The Balaban J connectivity index is 1.98. The molecule has 0 aliphatic carbocycles. The van der Waals surface area contributed by atoms with Crippen LogP contribution in [0.5, 0.6) is 11.5 Å². The molecule has 0 saturated heterocycles. The van der Waals surface area contributed by atoms with Crippen molar-refractivity contribution in [3.63, 3.8) is 0 Å². The molecule has 1 atom stereocenters. The highest BCUT2D eigenvalue weighted by atomic mass is 32.2. The predicted octanol–water partition coefficient (Wildman–Crippen LogP) is 2.61. The highest BCUT2D eigenvalue weighted by molar-refractivity contribution is 7.92. The Bertz CT molecular complexity index is 913. The van der Waals surface area contributed by atoms with Crippen LogP contribution in [-0.4, -0.2) is 46.9 Å². The number of hydrogen-bond acceptors (Lipinski definition) is 5. The van der Waals surface area contributed by atoms with E-state index in [9.17, 15) is 13.2 Å². The molecule has 8 heteroatoms. The quantitative estimate of drug-likeness (QED) is 0.639. The van der Waals surface area contributed by atoms with Crippen LogP contribution in [0.2, 0.25) is 0 Å². The summed E-state index contributed by atoms with van der Waals surface area (Å²) in [6, 6.07) is 14.0. The van der Waals surface area contributed by atoms with Gasteiger partial charge in [0.1, 0.15) is 24.7 Å². The average molecular weight is 421 g/mol. The van der Waals surface area contributed by atoms with Crippen molar-refractivity contribution in [1.82, 2.24) is 5.32 Å². The normalized spacial score (nSPS) is 12.1. The molecular formula is C21H28N2O5S. The van der Waals surface area contributed by atoms with Crippen LogP contribution in [0.4, 0.5) is 5.69 Å².